The summed E-state index contributed by atoms with van der Waals surface area (Å²) >= 11 is 14.2. The van der Waals surface area contributed by atoms with Crippen LogP contribution in [-0.4, -0.2) is 30.1 Å². The van der Waals surface area contributed by atoms with Gasteiger partial charge in [-0.2, -0.15) is 0 Å². The number of hydrazine groups is 1. The first kappa shape index (κ1) is 22.9. The summed E-state index contributed by atoms with van der Waals surface area (Å²) in [6, 6.07) is 10.6. The molecule has 0 saturated carbocycles. The Balaban J connectivity index is 1.68. The molecule has 2 aromatic rings. The first-order chi connectivity index (χ1) is 13.7. The van der Waals surface area contributed by atoms with Gasteiger partial charge in [-0.25, -0.2) is 0 Å². The number of halogens is 2. The summed E-state index contributed by atoms with van der Waals surface area (Å²) in [5.41, 5.74) is 6.63. The molecule has 0 saturated heterocycles. The fourth-order valence-corrected chi connectivity index (χ4v) is 3.14. The molecule has 154 valence electrons. The van der Waals surface area contributed by atoms with Gasteiger partial charge in [0.05, 0.1) is 4.47 Å². The van der Waals surface area contributed by atoms with E-state index < -0.39 is 11.8 Å². The van der Waals surface area contributed by atoms with Gasteiger partial charge in [-0.3, -0.25) is 25.8 Å². The number of carbonyl (C=O) groups excluding carboxylic acids is 2. The molecule has 0 heterocycles. The molecule has 10 heteroatoms. The molecule has 0 atom stereocenters. The molecular weight excluding hydrogens is 482 g/mol. The molecule has 0 aliphatic rings. The third-order valence-corrected chi connectivity index (χ3v) is 4.57. The Morgan fingerprint density at radius 3 is 2.34 bits per heavy atom. The van der Waals surface area contributed by atoms with Gasteiger partial charge in [-0.15, -0.1) is 0 Å². The molecule has 0 fully saturated rings. The number of benzene rings is 2. The largest absolute Gasteiger partial charge is 0.483 e. The highest BCUT2D eigenvalue weighted by atomic mass is 79.9. The molecule has 29 heavy (non-hydrogen) atoms. The van der Waals surface area contributed by atoms with Crippen LogP contribution in [0, 0.1) is 13.8 Å². The molecular formula is C19H19BrClN3O4S. The molecule has 2 amide bonds. The molecule has 0 radical (unpaired) electrons. The number of thiocarbonyl (C=S) groups is 1. The first-order valence-corrected chi connectivity index (χ1v) is 9.99. The topological polar surface area (TPSA) is 88.7 Å². The van der Waals surface area contributed by atoms with E-state index in [9.17, 15) is 9.59 Å². The number of nitrogens with one attached hydrogen (secondary N) is 3. The van der Waals surface area contributed by atoms with Gasteiger partial charge in [0, 0.05) is 5.02 Å². The summed E-state index contributed by atoms with van der Waals surface area (Å²) < 4.78 is 11.6. The Morgan fingerprint density at radius 2 is 1.66 bits per heavy atom. The fourth-order valence-electron chi connectivity index (χ4n) is 2.14. The standard InChI is InChI=1S/C19H19BrClN3O4S/c1-11-3-5-16(14(20)7-11)28-9-17(25)22-19(29)24-23-18(26)10-27-15-6-4-13(21)8-12(15)2/h3-8H,9-10H2,1-2H3,(H,23,26)(H2,22,24,25,29). The van der Waals surface area contributed by atoms with E-state index in [2.05, 4.69) is 32.1 Å². The first-order valence-electron chi connectivity index (χ1n) is 8.41. The van der Waals surface area contributed by atoms with Gasteiger partial charge in [0.2, 0.25) is 0 Å². The third kappa shape index (κ3) is 7.88. The molecule has 0 spiro atoms. The van der Waals surface area contributed by atoms with Crippen LogP contribution in [0.25, 0.3) is 0 Å². The third-order valence-electron chi connectivity index (χ3n) is 3.51. The number of carbonyl (C=O) groups is 2. The second-order valence-corrected chi connectivity index (χ2v) is 7.67. The average molecular weight is 501 g/mol. The summed E-state index contributed by atoms with van der Waals surface area (Å²) in [6.45, 7) is 3.29. The van der Waals surface area contributed by atoms with Gasteiger partial charge in [0.25, 0.3) is 11.8 Å². The van der Waals surface area contributed by atoms with E-state index in [0.29, 0.717) is 16.5 Å². The summed E-state index contributed by atoms with van der Waals surface area (Å²) in [6.07, 6.45) is 0. The fraction of sp³-hybridized carbons (Fsp3) is 0.211. The van der Waals surface area contributed by atoms with Crippen molar-refractivity contribution in [3.63, 3.8) is 0 Å². The zero-order valence-corrected chi connectivity index (χ0v) is 18.8. The highest BCUT2D eigenvalue weighted by molar-refractivity contribution is 9.10. The number of amides is 2. The van der Waals surface area contributed by atoms with Gasteiger partial charge < -0.3 is 9.47 Å². The molecule has 2 aromatic carbocycles. The maximum Gasteiger partial charge on any atom is 0.276 e. The highest BCUT2D eigenvalue weighted by Gasteiger charge is 2.09. The zero-order valence-electron chi connectivity index (χ0n) is 15.7. The molecule has 0 aromatic heterocycles. The maximum absolute atomic E-state index is 11.9. The van der Waals surface area contributed by atoms with Crippen molar-refractivity contribution in [1.29, 1.82) is 0 Å². The van der Waals surface area contributed by atoms with Gasteiger partial charge in [-0.05, 0) is 83.5 Å². The van der Waals surface area contributed by atoms with Gasteiger partial charge in [0.1, 0.15) is 11.5 Å². The maximum atomic E-state index is 11.9. The van der Waals surface area contributed by atoms with Crippen LogP contribution in [0.1, 0.15) is 11.1 Å². The molecule has 3 N–H and O–H groups in total. The van der Waals surface area contributed by atoms with E-state index in [0.717, 1.165) is 15.6 Å². The lowest BCUT2D eigenvalue weighted by atomic mass is 10.2. The summed E-state index contributed by atoms with van der Waals surface area (Å²) in [5.74, 6) is 0.125. The Labute approximate surface area is 187 Å². The van der Waals surface area contributed by atoms with Gasteiger partial charge in [-0.1, -0.05) is 17.7 Å². The van der Waals surface area contributed by atoms with E-state index in [1.807, 2.05) is 26.0 Å². The van der Waals surface area contributed by atoms with Crippen LogP contribution in [0.3, 0.4) is 0 Å². The van der Waals surface area contributed by atoms with Crippen LogP contribution in [0.4, 0.5) is 0 Å². The van der Waals surface area contributed by atoms with Crippen LogP contribution < -0.4 is 25.6 Å². The molecule has 2 rings (SSSR count). The SMILES string of the molecule is Cc1ccc(OCC(=O)NC(=S)NNC(=O)COc2ccc(Cl)cc2C)c(Br)c1. The van der Waals surface area contributed by atoms with Crippen molar-refractivity contribution < 1.29 is 19.1 Å². The van der Waals surface area contributed by atoms with Crippen molar-refractivity contribution in [2.75, 3.05) is 13.2 Å². The molecule has 0 aliphatic heterocycles. The lowest BCUT2D eigenvalue weighted by Gasteiger charge is -2.13. The van der Waals surface area contributed by atoms with Crippen molar-refractivity contribution in [1.82, 2.24) is 16.2 Å². The molecule has 0 aliphatic carbocycles. The van der Waals surface area contributed by atoms with Crippen LogP contribution >= 0.6 is 39.7 Å². The normalized spacial score (nSPS) is 10.1. The van der Waals surface area contributed by atoms with Crippen molar-refractivity contribution >= 4 is 56.7 Å². The van der Waals surface area contributed by atoms with E-state index in [-0.39, 0.29) is 18.3 Å². The van der Waals surface area contributed by atoms with E-state index in [4.69, 9.17) is 33.3 Å². The van der Waals surface area contributed by atoms with Crippen molar-refractivity contribution in [2.24, 2.45) is 0 Å². The average Bonchev–Trinajstić information content (AvgIpc) is 2.65. The summed E-state index contributed by atoms with van der Waals surface area (Å²) in [7, 11) is 0. The van der Waals surface area contributed by atoms with Crippen molar-refractivity contribution in [2.45, 2.75) is 13.8 Å². The second-order valence-electron chi connectivity index (χ2n) is 5.97. The summed E-state index contributed by atoms with van der Waals surface area (Å²) in [4.78, 5) is 23.7. The monoisotopic (exact) mass is 499 g/mol. The number of rotatable bonds is 6. The molecule has 0 bridgehead atoms. The van der Waals surface area contributed by atoms with Crippen molar-refractivity contribution in [3.05, 3.63) is 57.0 Å². The van der Waals surface area contributed by atoms with Crippen molar-refractivity contribution in [3.8, 4) is 11.5 Å². The quantitative estimate of drug-likeness (QED) is 0.417. The Bertz CT molecular complexity index is 926. The van der Waals surface area contributed by atoms with E-state index >= 15 is 0 Å². The van der Waals surface area contributed by atoms with Crippen LogP contribution in [0.5, 0.6) is 11.5 Å². The van der Waals surface area contributed by atoms with Crippen LogP contribution in [-0.2, 0) is 9.59 Å². The Hall–Kier alpha value is -2.36. The molecule has 0 unspecified atom stereocenters. The lowest BCUT2D eigenvalue weighted by Crippen LogP contribution is -2.50. The van der Waals surface area contributed by atoms with Gasteiger partial charge >= 0.3 is 0 Å². The summed E-state index contributed by atoms with van der Waals surface area (Å²) in [5, 5.41) is 2.91. The predicted molar refractivity (Wildman–Crippen MR) is 118 cm³/mol. The predicted octanol–water partition coefficient (Wildman–Crippen LogP) is 3.20. The number of hydrogen-bond acceptors (Lipinski definition) is 5. The molecule has 7 nitrogen and oxygen atoms in total. The minimum absolute atomic E-state index is 0.0717. The minimum atomic E-state index is -0.476. The highest BCUT2D eigenvalue weighted by Crippen LogP contribution is 2.25. The Morgan fingerprint density at radius 1 is 1.00 bits per heavy atom. The number of aryl methyl sites for hydroxylation is 2. The Kier molecular flexibility index (Phi) is 8.69. The lowest BCUT2D eigenvalue weighted by molar-refractivity contribution is -0.124. The van der Waals surface area contributed by atoms with E-state index in [1.165, 1.54) is 0 Å². The van der Waals surface area contributed by atoms with Crippen LogP contribution in [0.15, 0.2) is 40.9 Å². The number of ether oxygens (including phenoxy) is 2. The van der Waals surface area contributed by atoms with E-state index in [1.54, 1.807) is 24.3 Å². The smallest absolute Gasteiger partial charge is 0.276 e. The zero-order chi connectivity index (χ0) is 21.4. The second kappa shape index (κ2) is 11.0. The number of hydrogen-bond donors (Lipinski definition) is 3. The van der Waals surface area contributed by atoms with Gasteiger partial charge in [0.15, 0.2) is 18.3 Å². The minimum Gasteiger partial charge on any atom is -0.483 e. The van der Waals surface area contributed by atoms with Crippen LogP contribution in [0.2, 0.25) is 5.02 Å².